The lowest BCUT2D eigenvalue weighted by molar-refractivity contribution is 0.310. The minimum atomic E-state index is 0.155. The van der Waals surface area contributed by atoms with Gasteiger partial charge in [-0.15, -0.1) is 0 Å². The summed E-state index contributed by atoms with van der Waals surface area (Å²) < 4.78 is 0. The molecule has 1 N–H and O–H groups in total. The molecule has 1 aromatic heterocycles. The molecule has 4 heteroatoms. The number of hydrogen-bond acceptors (Lipinski definition) is 4. The Morgan fingerprint density at radius 1 is 1.35 bits per heavy atom. The number of aromatic nitrogens is 2. The van der Waals surface area contributed by atoms with Crippen LogP contribution in [0.4, 0.5) is 0 Å². The Balaban J connectivity index is 1.88. The summed E-state index contributed by atoms with van der Waals surface area (Å²) in [6.07, 6.45) is 8.09. The molecule has 0 aromatic carbocycles. The van der Waals surface area contributed by atoms with Gasteiger partial charge in [-0.25, -0.2) is 0 Å². The zero-order valence-corrected chi connectivity index (χ0v) is 10.2. The molecule has 1 aromatic rings. The van der Waals surface area contributed by atoms with E-state index in [1.54, 1.807) is 12.4 Å². The van der Waals surface area contributed by atoms with Gasteiger partial charge in [0.15, 0.2) is 0 Å². The molecule has 2 rings (SSSR count). The van der Waals surface area contributed by atoms with Crippen LogP contribution in [-0.2, 0) is 6.54 Å². The van der Waals surface area contributed by atoms with Crippen molar-refractivity contribution in [1.82, 2.24) is 15.3 Å². The van der Waals surface area contributed by atoms with Gasteiger partial charge >= 0.3 is 0 Å². The van der Waals surface area contributed by atoms with Crippen molar-refractivity contribution in [2.45, 2.75) is 45.2 Å². The summed E-state index contributed by atoms with van der Waals surface area (Å²) in [5, 5.41) is 12.5. The molecular weight excluding hydrogens is 212 g/mol. The van der Waals surface area contributed by atoms with Crippen molar-refractivity contribution >= 4 is 0 Å². The molecule has 1 fully saturated rings. The third kappa shape index (κ3) is 3.24. The molecule has 4 nitrogen and oxygen atoms in total. The number of nitrogens with zero attached hydrogens (tertiary/aromatic N) is 3. The monoisotopic (exact) mass is 230 g/mol. The summed E-state index contributed by atoms with van der Waals surface area (Å²) >= 11 is 0. The Bertz CT molecular complexity index is 393. The van der Waals surface area contributed by atoms with Crippen LogP contribution in [0.3, 0.4) is 0 Å². The van der Waals surface area contributed by atoms with Crippen molar-refractivity contribution in [3.8, 4) is 6.07 Å². The van der Waals surface area contributed by atoms with E-state index in [9.17, 15) is 0 Å². The molecule has 90 valence electrons. The highest BCUT2D eigenvalue weighted by Crippen LogP contribution is 2.23. The minimum absolute atomic E-state index is 0.155. The third-order valence-corrected chi connectivity index (χ3v) is 3.31. The van der Waals surface area contributed by atoms with Crippen LogP contribution in [0.15, 0.2) is 12.4 Å². The van der Waals surface area contributed by atoms with Crippen LogP contribution in [0, 0.1) is 24.2 Å². The molecule has 0 spiro atoms. The van der Waals surface area contributed by atoms with Crippen LogP contribution >= 0.6 is 0 Å². The predicted octanol–water partition coefficient (Wildman–Crippen LogP) is 1.96. The van der Waals surface area contributed by atoms with Crippen LogP contribution in [0.25, 0.3) is 0 Å². The lowest BCUT2D eigenvalue weighted by Gasteiger charge is -2.27. The van der Waals surface area contributed by atoms with Crippen molar-refractivity contribution in [2.75, 3.05) is 0 Å². The smallest absolute Gasteiger partial charge is 0.0724 e. The molecule has 2 atom stereocenters. The second-order valence-corrected chi connectivity index (χ2v) is 4.66. The lowest BCUT2D eigenvalue weighted by atomic mass is 9.85. The normalized spacial score (nSPS) is 24.2. The first kappa shape index (κ1) is 12.0. The van der Waals surface area contributed by atoms with Crippen LogP contribution in [0.5, 0.6) is 0 Å². The number of aryl methyl sites for hydroxylation is 1. The average molecular weight is 230 g/mol. The van der Waals surface area contributed by atoms with E-state index in [4.69, 9.17) is 5.26 Å². The fourth-order valence-corrected chi connectivity index (χ4v) is 2.28. The summed E-state index contributed by atoms with van der Waals surface area (Å²) in [6, 6.07) is 2.72. The number of nitrogens with one attached hydrogen (secondary N) is 1. The minimum Gasteiger partial charge on any atom is -0.307 e. The van der Waals surface area contributed by atoms with E-state index in [0.717, 1.165) is 24.2 Å². The van der Waals surface area contributed by atoms with Crippen molar-refractivity contribution in [3.63, 3.8) is 0 Å². The molecule has 1 saturated carbocycles. The first-order chi connectivity index (χ1) is 8.29. The highest BCUT2D eigenvalue weighted by molar-refractivity contribution is 5.02. The summed E-state index contributed by atoms with van der Waals surface area (Å²) in [5.41, 5.74) is 1.87. The van der Waals surface area contributed by atoms with E-state index >= 15 is 0 Å². The summed E-state index contributed by atoms with van der Waals surface area (Å²) in [6.45, 7) is 2.63. The Kier molecular flexibility index (Phi) is 4.05. The van der Waals surface area contributed by atoms with E-state index in [2.05, 4.69) is 21.4 Å². The van der Waals surface area contributed by atoms with Crippen LogP contribution in [0.1, 0.15) is 37.1 Å². The van der Waals surface area contributed by atoms with Crippen LogP contribution in [0.2, 0.25) is 0 Å². The van der Waals surface area contributed by atoms with Gasteiger partial charge < -0.3 is 5.32 Å². The van der Waals surface area contributed by atoms with Gasteiger partial charge in [0.2, 0.25) is 0 Å². The zero-order chi connectivity index (χ0) is 12.1. The maximum absolute atomic E-state index is 9.08. The molecule has 1 heterocycles. The fourth-order valence-electron chi connectivity index (χ4n) is 2.28. The Morgan fingerprint density at radius 2 is 2.18 bits per heavy atom. The van der Waals surface area contributed by atoms with E-state index in [0.29, 0.717) is 12.6 Å². The second kappa shape index (κ2) is 5.74. The van der Waals surface area contributed by atoms with E-state index in [1.807, 2.05) is 6.92 Å². The molecule has 0 amide bonds. The first-order valence-corrected chi connectivity index (χ1v) is 6.20. The van der Waals surface area contributed by atoms with Crippen molar-refractivity contribution in [3.05, 3.63) is 23.8 Å². The highest BCUT2D eigenvalue weighted by atomic mass is 14.9. The second-order valence-electron chi connectivity index (χ2n) is 4.66. The van der Waals surface area contributed by atoms with Crippen molar-refractivity contribution < 1.29 is 0 Å². The van der Waals surface area contributed by atoms with Gasteiger partial charge in [0.1, 0.15) is 0 Å². The molecule has 0 radical (unpaired) electrons. The van der Waals surface area contributed by atoms with Crippen molar-refractivity contribution in [1.29, 1.82) is 5.26 Å². The highest BCUT2D eigenvalue weighted by Gasteiger charge is 2.24. The summed E-state index contributed by atoms with van der Waals surface area (Å²) in [4.78, 5) is 8.52. The average Bonchev–Trinajstić information content (AvgIpc) is 2.38. The molecule has 0 bridgehead atoms. The Labute approximate surface area is 102 Å². The maximum atomic E-state index is 9.08. The Morgan fingerprint density at radius 3 is 2.88 bits per heavy atom. The molecular formula is C13H18N4. The summed E-state index contributed by atoms with van der Waals surface area (Å²) in [5.74, 6) is 0.155. The molecule has 1 aliphatic rings. The number of rotatable bonds is 3. The number of nitriles is 1. The van der Waals surface area contributed by atoms with Gasteiger partial charge in [0, 0.05) is 25.0 Å². The molecule has 2 unspecified atom stereocenters. The van der Waals surface area contributed by atoms with E-state index in [1.165, 1.54) is 12.8 Å². The van der Waals surface area contributed by atoms with Crippen molar-refractivity contribution in [2.24, 2.45) is 5.92 Å². The van der Waals surface area contributed by atoms with Gasteiger partial charge in [0.25, 0.3) is 0 Å². The van der Waals surface area contributed by atoms with Gasteiger partial charge in [-0.3, -0.25) is 9.97 Å². The lowest BCUT2D eigenvalue weighted by Crippen LogP contribution is -2.37. The van der Waals surface area contributed by atoms with Gasteiger partial charge in [-0.1, -0.05) is 12.8 Å². The topological polar surface area (TPSA) is 61.6 Å². The van der Waals surface area contributed by atoms with E-state index in [-0.39, 0.29) is 5.92 Å². The molecule has 0 saturated heterocycles. The van der Waals surface area contributed by atoms with Gasteiger partial charge in [-0.05, 0) is 19.8 Å². The summed E-state index contributed by atoms with van der Waals surface area (Å²) in [7, 11) is 0. The number of hydrogen-bond donors (Lipinski definition) is 1. The van der Waals surface area contributed by atoms with E-state index < -0.39 is 0 Å². The standard InChI is InChI=1S/C13H18N4/c1-10-7-16-12(8-15-10)9-17-13-5-3-2-4-11(13)6-14/h7-8,11,13,17H,2-5,9H2,1H3. The largest absolute Gasteiger partial charge is 0.307 e. The first-order valence-electron chi connectivity index (χ1n) is 6.20. The SMILES string of the molecule is Cc1cnc(CNC2CCCCC2C#N)cn1. The maximum Gasteiger partial charge on any atom is 0.0724 e. The fraction of sp³-hybridized carbons (Fsp3) is 0.615. The predicted molar refractivity (Wildman–Crippen MR) is 65.0 cm³/mol. The Hall–Kier alpha value is -1.47. The van der Waals surface area contributed by atoms with Gasteiger partial charge in [-0.2, -0.15) is 5.26 Å². The third-order valence-electron chi connectivity index (χ3n) is 3.31. The quantitative estimate of drug-likeness (QED) is 0.862. The van der Waals surface area contributed by atoms with Crippen LogP contribution in [-0.4, -0.2) is 16.0 Å². The molecule has 17 heavy (non-hydrogen) atoms. The van der Waals surface area contributed by atoms with Gasteiger partial charge in [0.05, 0.1) is 23.4 Å². The molecule has 1 aliphatic carbocycles. The zero-order valence-electron chi connectivity index (χ0n) is 10.2. The van der Waals surface area contributed by atoms with Crippen LogP contribution < -0.4 is 5.32 Å². The molecule has 0 aliphatic heterocycles.